The SMILES string of the molecule is CON1C(=O)OC(C)Cc2cc(CS(=O)(=O)c3cccs3)ccc21. The zero-order chi connectivity index (χ0) is 17.3. The number of hydroxylamine groups is 1. The fraction of sp³-hybridized carbons (Fsp3) is 0.312. The molecule has 0 spiro atoms. The lowest BCUT2D eigenvalue weighted by Gasteiger charge is -2.18. The van der Waals surface area contributed by atoms with Gasteiger partial charge in [-0.05, 0) is 35.6 Å². The van der Waals surface area contributed by atoms with Crippen LogP contribution in [0.4, 0.5) is 10.5 Å². The molecule has 0 radical (unpaired) electrons. The molecule has 2 heterocycles. The van der Waals surface area contributed by atoms with Crippen molar-refractivity contribution < 1.29 is 22.8 Å². The van der Waals surface area contributed by atoms with Crippen LogP contribution in [0.3, 0.4) is 0 Å². The fourth-order valence-electron chi connectivity index (χ4n) is 2.66. The third-order valence-electron chi connectivity index (χ3n) is 3.68. The molecule has 0 N–H and O–H groups in total. The molecule has 0 bridgehead atoms. The summed E-state index contributed by atoms with van der Waals surface area (Å²) in [6.45, 7) is 1.79. The number of carbonyl (C=O) groups is 1. The van der Waals surface area contributed by atoms with Crippen molar-refractivity contribution in [3.63, 3.8) is 0 Å². The number of amides is 1. The lowest BCUT2D eigenvalue weighted by atomic mass is 10.0. The third-order valence-corrected chi connectivity index (χ3v) is 6.85. The van der Waals surface area contributed by atoms with Gasteiger partial charge in [0.05, 0.1) is 18.6 Å². The van der Waals surface area contributed by atoms with E-state index in [1.165, 1.54) is 18.4 Å². The number of hydrogen-bond donors (Lipinski definition) is 0. The molecular weight excluding hydrogens is 350 g/mol. The normalized spacial score (nSPS) is 18.0. The maximum absolute atomic E-state index is 12.4. The topological polar surface area (TPSA) is 72.9 Å². The Morgan fingerprint density at radius 2 is 2.17 bits per heavy atom. The number of rotatable bonds is 4. The molecular formula is C16H17NO5S2. The number of hydrogen-bond acceptors (Lipinski definition) is 6. The number of fused-ring (bicyclic) bond motifs is 1. The minimum Gasteiger partial charge on any atom is -0.444 e. The van der Waals surface area contributed by atoms with Crippen LogP contribution in [0, 0.1) is 0 Å². The van der Waals surface area contributed by atoms with Gasteiger partial charge in [-0.15, -0.1) is 11.3 Å². The number of ether oxygens (including phenoxy) is 1. The Kier molecular flexibility index (Phi) is 4.62. The first-order chi connectivity index (χ1) is 11.4. The summed E-state index contributed by atoms with van der Waals surface area (Å²) in [5.41, 5.74) is 2.05. The van der Waals surface area contributed by atoms with Crippen LogP contribution < -0.4 is 5.06 Å². The van der Waals surface area contributed by atoms with E-state index in [1.807, 2.05) is 0 Å². The fourth-order valence-corrected chi connectivity index (χ4v) is 5.09. The average Bonchev–Trinajstić information content (AvgIpc) is 3.01. The highest BCUT2D eigenvalue weighted by atomic mass is 32.2. The summed E-state index contributed by atoms with van der Waals surface area (Å²) in [4.78, 5) is 17.1. The van der Waals surface area contributed by atoms with Crippen LogP contribution in [0.25, 0.3) is 0 Å². The van der Waals surface area contributed by atoms with E-state index in [9.17, 15) is 13.2 Å². The minimum atomic E-state index is -3.37. The molecule has 3 rings (SSSR count). The maximum atomic E-state index is 12.4. The predicted molar refractivity (Wildman–Crippen MR) is 90.8 cm³/mol. The number of anilines is 1. The lowest BCUT2D eigenvalue weighted by Crippen LogP contribution is -2.30. The van der Waals surface area contributed by atoms with Crippen molar-refractivity contribution in [3.05, 3.63) is 46.8 Å². The summed E-state index contributed by atoms with van der Waals surface area (Å²) in [5, 5.41) is 2.82. The van der Waals surface area contributed by atoms with Crippen molar-refractivity contribution in [3.8, 4) is 0 Å². The molecule has 1 aliphatic rings. The maximum Gasteiger partial charge on any atom is 0.439 e. The van der Waals surface area contributed by atoms with E-state index in [0.29, 0.717) is 21.9 Å². The summed E-state index contributed by atoms with van der Waals surface area (Å²) in [6.07, 6.45) is -0.406. The largest absolute Gasteiger partial charge is 0.444 e. The van der Waals surface area contributed by atoms with E-state index in [0.717, 1.165) is 10.6 Å². The Balaban J connectivity index is 1.95. The highest BCUT2D eigenvalue weighted by Gasteiger charge is 2.28. The molecule has 1 aliphatic heterocycles. The van der Waals surface area contributed by atoms with Gasteiger partial charge in [0.15, 0.2) is 9.84 Å². The van der Waals surface area contributed by atoms with E-state index < -0.39 is 15.9 Å². The van der Waals surface area contributed by atoms with E-state index in [4.69, 9.17) is 9.57 Å². The first kappa shape index (κ1) is 16.9. The van der Waals surface area contributed by atoms with E-state index in [1.54, 1.807) is 42.6 Å². The van der Waals surface area contributed by atoms with Gasteiger partial charge in [0, 0.05) is 6.42 Å². The van der Waals surface area contributed by atoms with Crippen molar-refractivity contribution in [2.24, 2.45) is 0 Å². The molecule has 24 heavy (non-hydrogen) atoms. The van der Waals surface area contributed by atoms with Gasteiger partial charge in [-0.2, -0.15) is 5.06 Å². The van der Waals surface area contributed by atoms with Gasteiger partial charge in [-0.25, -0.2) is 13.2 Å². The van der Waals surface area contributed by atoms with Crippen LogP contribution in [0.2, 0.25) is 0 Å². The highest BCUT2D eigenvalue weighted by Crippen LogP contribution is 2.30. The molecule has 0 fully saturated rings. The smallest absolute Gasteiger partial charge is 0.439 e. The number of nitrogens with zero attached hydrogens (tertiary/aromatic N) is 1. The molecule has 1 atom stereocenters. The summed E-state index contributed by atoms with van der Waals surface area (Å²) in [7, 11) is -1.99. The van der Waals surface area contributed by atoms with Gasteiger partial charge in [0.1, 0.15) is 10.3 Å². The zero-order valence-electron chi connectivity index (χ0n) is 13.3. The summed E-state index contributed by atoms with van der Waals surface area (Å²) in [5.74, 6) is -0.0863. The Morgan fingerprint density at radius 3 is 2.83 bits per heavy atom. The van der Waals surface area contributed by atoms with Crippen LogP contribution >= 0.6 is 11.3 Å². The standard InChI is InChI=1S/C16H17NO5S2/c1-11-8-13-9-12(10-24(19,20)15-4-3-7-23-15)5-6-14(13)17(21-2)16(18)22-11/h3-7,9,11H,8,10H2,1-2H3. The van der Waals surface area contributed by atoms with E-state index in [-0.39, 0.29) is 11.9 Å². The van der Waals surface area contributed by atoms with Crippen LogP contribution in [0.5, 0.6) is 0 Å². The first-order valence-corrected chi connectivity index (χ1v) is 9.87. The van der Waals surface area contributed by atoms with Crippen LogP contribution in [-0.4, -0.2) is 27.7 Å². The predicted octanol–water partition coefficient (Wildman–Crippen LogP) is 3.17. The summed E-state index contributed by atoms with van der Waals surface area (Å²) in [6, 6.07) is 8.50. The Bertz CT molecular complexity index is 845. The third kappa shape index (κ3) is 3.31. The summed E-state index contributed by atoms with van der Waals surface area (Å²) >= 11 is 1.21. The Hall–Kier alpha value is -1.90. The Labute approximate surface area is 144 Å². The second-order valence-corrected chi connectivity index (χ2v) is 8.69. The molecule has 0 aliphatic carbocycles. The molecule has 1 unspecified atom stereocenters. The molecule has 6 nitrogen and oxygen atoms in total. The van der Waals surface area contributed by atoms with Crippen LogP contribution in [0.15, 0.2) is 39.9 Å². The van der Waals surface area contributed by atoms with Gasteiger partial charge in [-0.3, -0.25) is 4.84 Å². The van der Waals surface area contributed by atoms with Gasteiger partial charge in [0.2, 0.25) is 0 Å². The van der Waals surface area contributed by atoms with Crippen molar-refractivity contribution in [1.82, 2.24) is 0 Å². The van der Waals surface area contributed by atoms with Gasteiger partial charge in [-0.1, -0.05) is 18.2 Å². The summed E-state index contributed by atoms with van der Waals surface area (Å²) < 4.78 is 30.5. The van der Waals surface area contributed by atoms with Crippen LogP contribution in [-0.2, 0) is 31.6 Å². The number of cyclic esters (lactones) is 1. The van der Waals surface area contributed by atoms with E-state index in [2.05, 4.69) is 0 Å². The van der Waals surface area contributed by atoms with Crippen molar-refractivity contribution in [1.29, 1.82) is 0 Å². The average molecular weight is 367 g/mol. The zero-order valence-corrected chi connectivity index (χ0v) is 14.9. The molecule has 8 heteroatoms. The molecule has 0 saturated heterocycles. The number of carbonyl (C=O) groups excluding carboxylic acids is 1. The number of sulfone groups is 1. The van der Waals surface area contributed by atoms with Crippen molar-refractivity contribution in [2.45, 2.75) is 29.4 Å². The highest BCUT2D eigenvalue weighted by molar-refractivity contribution is 7.92. The van der Waals surface area contributed by atoms with Crippen molar-refractivity contribution in [2.75, 3.05) is 12.2 Å². The minimum absolute atomic E-state index is 0.0863. The molecule has 2 aromatic rings. The van der Waals surface area contributed by atoms with Gasteiger partial charge in [0.25, 0.3) is 0 Å². The van der Waals surface area contributed by atoms with Crippen LogP contribution in [0.1, 0.15) is 18.1 Å². The lowest BCUT2D eigenvalue weighted by molar-refractivity contribution is 0.0790. The second kappa shape index (κ2) is 6.54. The van der Waals surface area contributed by atoms with Gasteiger partial charge < -0.3 is 4.74 Å². The molecule has 1 aromatic carbocycles. The second-order valence-electron chi connectivity index (χ2n) is 5.53. The Morgan fingerprint density at radius 1 is 1.38 bits per heavy atom. The van der Waals surface area contributed by atoms with Crippen molar-refractivity contribution >= 4 is 33.0 Å². The number of thiophene rings is 1. The molecule has 1 amide bonds. The molecule has 0 saturated carbocycles. The van der Waals surface area contributed by atoms with Gasteiger partial charge >= 0.3 is 6.09 Å². The monoisotopic (exact) mass is 367 g/mol. The first-order valence-electron chi connectivity index (χ1n) is 7.33. The van der Waals surface area contributed by atoms with E-state index >= 15 is 0 Å². The molecule has 1 aromatic heterocycles. The molecule has 128 valence electrons. The quantitative estimate of drug-likeness (QED) is 0.830. The number of benzene rings is 1.